The van der Waals surface area contributed by atoms with E-state index in [9.17, 15) is 0 Å². The summed E-state index contributed by atoms with van der Waals surface area (Å²) in [6.07, 6.45) is 5.20. The second-order valence-corrected chi connectivity index (χ2v) is 5.02. The van der Waals surface area contributed by atoms with Gasteiger partial charge < -0.3 is 10.3 Å². The van der Waals surface area contributed by atoms with E-state index in [2.05, 4.69) is 31.2 Å². The van der Waals surface area contributed by atoms with Crippen LogP contribution in [0.15, 0.2) is 4.73 Å². The maximum atomic E-state index is 4.53. The van der Waals surface area contributed by atoms with Crippen LogP contribution >= 0.6 is 15.9 Å². The van der Waals surface area contributed by atoms with E-state index in [1.165, 1.54) is 30.7 Å². The molecule has 3 nitrogen and oxygen atoms in total. The molecule has 1 aliphatic heterocycles. The highest BCUT2D eigenvalue weighted by Gasteiger charge is 2.33. The summed E-state index contributed by atoms with van der Waals surface area (Å²) in [5, 5.41) is 3.59. The van der Waals surface area contributed by atoms with Crippen molar-refractivity contribution in [3.63, 3.8) is 0 Å². The van der Waals surface area contributed by atoms with Crippen molar-refractivity contribution >= 4 is 15.9 Å². The minimum atomic E-state index is 0.509. The second kappa shape index (κ2) is 3.35. The zero-order valence-electron chi connectivity index (χ0n) is 8.02. The van der Waals surface area contributed by atoms with Gasteiger partial charge in [-0.2, -0.15) is 0 Å². The number of aromatic amines is 1. The Kier molecular flexibility index (Phi) is 2.13. The number of imidazole rings is 1. The molecule has 4 heteroatoms. The Labute approximate surface area is 91.8 Å². The number of rotatable bonds is 1. The third kappa shape index (κ3) is 1.32. The molecule has 0 amide bonds. The van der Waals surface area contributed by atoms with Gasteiger partial charge in [0.05, 0.1) is 11.7 Å². The van der Waals surface area contributed by atoms with E-state index >= 15 is 0 Å². The van der Waals surface area contributed by atoms with Crippen LogP contribution in [-0.2, 0) is 6.42 Å². The summed E-state index contributed by atoms with van der Waals surface area (Å²) in [5.41, 5.74) is 2.58. The van der Waals surface area contributed by atoms with Crippen LogP contribution in [0.2, 0.25) is 0 Å². The first-order valence-corrected chi connectivity index (χ1v) is 6.11. The van der Waals surface area contributed by atoms with Gasteiger partial charge in [-0.1, -0.05) is 6.42 Å². The Morgan fingerprint density at radius 2 is 2.21 bits per heavy atom. The molecule has 1 aromatic heterocycles. The standard InChI is InChI=1S/C10H14BrN3/c11-10-13-7-4-5-12-8(9(7)14-10)6-2-1-3-6/h6,8,12H,1-5H2,(H,13,14). The summed E-state index contributed by atoms with van der Waals surface area (Å²) in [6.45, 7) is 1.09. The highest BCUT2D eigenvalue weighted by Crippen LogP contribution is 2.39. The number of fused-ring (bicyclic) bond motifs is 1. The van der Waals surface area contributed by atoms with Gasteiger partial charge in [0.25, 0.3) is 0 Å². The average Bonchev–Trinajstić information content (AvgIpc) is 2.43. The van der Waals surface area contributed by atoms with Gasteiger partial charge in [-0.05, 0) is 34.7 Å². The fourth-order valence-electron chi connectivity index (χ4n) is 2.45. The first-order valence-electron chi connectivity index (χ1n) is 5.32. The van der Waals surface area contributed by atoms with E-state index < -0.39 is 0 Å². The summed E-state index contributed by atoms with van der Waals surface area (Å²) in [5.74, 6) is 0.823. The SMILES string of the molecule is Brc1nc2c([nH]1)CCNC2C1CCC1. The van der Waals surface area contributed by atoms with Crippen molar-refractivity contribution in [3.8, 4) is 0 Å². The Balaban J connectivity index is 1.93. The maximum absolute atomic E-state index is 4.53. The fraction of sp³-hybridized carbons (Fsp3) is 0.700. The van der Waals surface area contributed by atoms with Gasteiger partial charge in [-0.25, -0.2) is 4.98 Å². The first kappa shape index (κ1) is 8.92. The molecule has 0 saturated heterocycles. The molecule has 3 rings (SSSR count). The number of halogens is 1. The van der Waals surface area contributed by atoms with Crippen molar-refractivity contribution in [1.82, 2.24) is 15.3 Å². The molecule has 0 aromatic carbocycles. The van der Waals surface area contributed by atoms with Crippen LogP contribution in [0.4, 0.5) is 0 Å². The molecule has 1 unspecified atom stereocenters. The van der Waals surface area contributed by atoms with E-state index in [-0.39, 0.29) is 0 Å². The van der Waals surface area contributed by atoms with Crippen LogP contribution in [0.25, 0.3) is 0 Å². The second-order valence-electron chi connectivity index (χ2n) is 4.26. The van der Waals surface area contributed by atoms with Crippen molar-refractivity contribution in [3.05, 3.63) is 16.1 Å². The van der Waals surface area contributed by atoms with Gasteiger partial charge in [0.1, 0.15) is 0 Å². The molecule has 2 heterocycles. The number of H-pyrrole nitrogens is 1. The molecule has 0 radical (unpaired) electrons. The van der Waals surface area contributed by atoms with Gasteiger partial charge in [0.2, 0.25) is 0 Å². The summed E-state index contributed by atoms with van der Waals surface area (Å²) in [4.78, 5) is 7.83. The normalized spacial score (nSPS) is 27.1. The molecule has 1 atom stereocenters. The first-order chi connectivity index (χ1) is 6.84. The lowest BCUT2D eigenvalue weighted by Gasteiger charge is -2.36. The molecule has 1 saturated carbocycles. The van der Waals surface area contributed by atoms with E-state index in [0.29, 0.717) is 6.04 Å². The predicted octanol–water partition coefficient (Wildman–Crippen LogP) is 2.16. The number of nitrogens with one attached hydrogen (secondary N) is 2. The summed E-state index contributed by atoms with van der Waals surface area (Å²) < 4.78 is 0.885. The Hall–Kier alpha value is -0.350. The largest absolute Gasteiger partial charge is 0.336 e. The molecule has 0 spiro atoms. The van der Waals surface area contributed by atoms with Gasteiger partial charge in [-0.3, -0.25) is 0 Å². The monoisotopic (exact) mass is 255 g/mol. The fourth-order valence-corrected chi connectivity index (χ4v) is 2.88. The number of nitrogens with zero attached hydrogens (tertiary/aromatic N) is 1. The zero-order chi connectivity index (χ0) is 9.54. The smallest absolute Gasteiger partial charge is 0.174 e. The minimum absolute atomic E-state index is 0.509. The van der Waals surface area contributed by atoms with E-state index in [1.807, 2.05) is 0 Å². The predicted molar refractivity (Wildman–Crippen MR) is 58.1 cm³/mol. The van der Waals surface area contributed by atoms with E-state index in [1.54, 1.807) is 0 Å². The van der Waals surface area contributed by atoms with Gasteiger partial charge >= 0.3 is 0 Å². The lowest BCUT2D eigenvalue weighted by molar-refractivity contribution is 0.221. The Bertz CT molecular complexity index is 343. The van der Waals surface area contributed by atoms with Crippen LogP contribution in [0.3, 0.4) is 0 Å². The number of hydrogen-bond donors (Lipinski definition) is 2. The molecule has 2 N–H and O–H groups in total. The third-order valence-electron chi connectivity index (χ3n) is 3.44. The molecular formula is C10H14BrN3. The maximum Gasteiger partial charge on any atom is 0.174 e. The highest BCUT2D eigenvalue weighted by molar-refractivity contribution is 9.10. The van der Waals surface area contributed by atoms with Crippen LogP contribution < -0.4 is 5.32 Å². The molecule has 1 aromatic rings. The molecule has 1 aliphatic carbocycles. The lowest BCUT2D eigenvalue weighted by atomic mass is 9.77. The van der Waals surface area contributed by atoms with Crippen molar-refractivity contribution in [2.24, 2.45) is 5.92 Å². The molecule has 76 valence electrons. The van der Waals surface area contributed by atoms with Gasteiger partial charge in [-0.15, -0.1) is 0 Å². The lowest BCUT2D eigenvalue weighted by Crippen LogP contribution is -2.37. The topological polar surface area (TPSA) is 40.7 Å². The van der Waals surface area contributed by atoms with Crippen molar-refractivity contribution < 1.29 is 0 Å². The van der Waals surface area contributed by atoms with Gasteiger partial charge in [0.15, 0.2) is 4.73 Å². The van der Waals surface area contributed by atoms with Crippen LogP contribution in [-0.4, -0.2) is 16.5 Å². The van der Waals surface area contributed by atoms with Crippen molar-refractivity contribution in [1.29, 1.82) is 0 Å². The molecule has 0 bridgehead atoms. The van der Waals surface area contributed by atoms with Crippen LogP contribution in [0.5, 0.6) is 0 Å². The summed E-state index contributed by atoms with van der Waals surface area (Å²) in [7, 11) is 0. The molecule has 14 heavy (non-hydrogen) atoms. The van der Waals surface area contributed by atoms with Gasteiger partial charge in [0, 0.05) is 18.7 Å². The molecule has 1 fully saturated rings. The summed E-state index contributed by atoms with van der Waals surface area (Å²) in [6, 6.07) is 0.509. The van der Waals surface area contributed by atoms with Crippen molar-refractivity contribution in [2.45, 2.75) is 31.7 Å². The quantitative estimate of drug-likeness (QED) is 0.808. The third-order valence-corrected chi connectivity index (χ3v) is 3.81. The zero-order valence-corrected chi connectivity index (χ0v) is 9.60. The minimum Gasteiger partial charge on any atom is -0.336 e. The Morgan fingerprint density at radius 1 is 1.36 bits per heavy atom. The van der Waals surface area contributed by atoms with E-state index in [4.69, 9.17) is 0 Å². The van der Waals surface area contributed by atoms with Crippen LogP contribution in [0.1, 0.15) is 36.7 Å². The summed E-state index contributed by atoms with van der Waals surface area (Å²) >= 11 is 3.41. The molecule has 2 aliphatic rings. The van der Waals surface area contributed by atoms with Crippen LogP contribution in [0, 0.1) is 5.92 Å². The Morgan fingerprint density at radius 3 is 2.93 bits per heavy atom. The van der Waals surface area contributed by atoms with E-state index in [0.717, 1.165) is 23.6 Å². The highest BCUT2D eigenvalue weighted by atomic mass is 79.9. The average molecular weight is 256 g/mol. The van der Waals surface area contributed by atoms with Crippen molar-refractivity contribution in [2.75, 3.05) is 6.54 Å². The number of aromatic nitrogens is 2. The number of hydrogen-bond acceptors (Lipinski definition) is 2. The molecular weight excluding hydrogens is 242 g/mol.